The van der Waals surface area contributed by atoms with E-state index in [9.17, 15) is 0 Å². The summed E-state index contributed by atoms with van der Waals surface area (Å²) in [7, 11) is 0. The molecule has 2 heteroatoms. The fourth-order valence-electron chi connectivity index (χ4n) is 10.5. The van der Waals surface area contributed by atoms with E-state index in [4.69, 9.17) is 0 Å². The summed E-state index contributed by atoms with van der Waals surface area (Å²) in [5.74, 6) is 0. The molecule has 0 radical (unpaired) electrons. The van der Waals surface area contributed by atoms with Crippen LogP contribution in [0.25, 0.3) is 44.2 Å². The Morgan fingerprint density at radius 1 is 0.254 bits per heavy atom. The summed E-state index contributed by atoms with van der Waals surface area (Å²) in [6.07, 6.45) is 0. The first-order chi connectivity index (χ1) is 33.2. The summed E-state index contributed by atoms with van der Waals surface area (Å²) in [6.45, 7) is 0. The van der Waals surface area contributed by atoms with Crippen molar-refractivity contribution in [2.75, 3.05) is 9.80 Å². The highest BCUT2D eigenvalue weighted by Gasteiger charge is 2.47. The molecule has 0 spiro atoms. The van der Waals surface area contributed by atoms with Gasteiger partial charge >= 0.3 is 0 Å². The third kappa shape index (κ3) is 6.99. The minimum Gasteiger partial charge on any atom is -0.310 e. The van der Waals surface area contributed by atoms with Crippen LogP contribution in [0.5, 0.6) is 0 Å². The van der Waals surface area contributed by atoms with Crippen molar-refractivity contribution in [2.24, 2.45) is 0 Å². The van der Waals surface area contributed by atoms with Gasteiger partial charge in [-0.05, 0) is 139 Å². The standard InChI is InChI=1S/C65H46N2/c1-7-19-47(20-8-1)49-31-36-56(37-32-49)66(54-27-15-5-16-28-54)58-40-43-60-51(45-58)35-42-62-61-44-41-59(46-63(61)65(64(60)62,52-23-11-3-12-24-52)53-25-13-4-14-26-53)67(55-29-17-6-18-30-55)57-38-33-50(34-39-57)48-21-9-2-10-22-48/h1-46H. The molecule has 11 aromatic rings. The molecule has 0 fully saturated rings. The van der Waals surface area contributed by atoms with Crippen LogP contribution < -0.4 is 9.80 Å². The molecule has 0 unspecified atom stereocenters. The van der Waals surface area contributed by atoms with Crippen molar-refractivity contribution >= 4 is 44.9 Å². The van der Waals surface area contributed by atoms with Crippen LogP contribution >= 0.6 is 0 Å². The van der Waals surface area contributed by atoms with Gasteiger partial charge in [-0.15, -0.1) is 0 Å². The summed E-state index contributed by atoms with van der Waals surface area (Å²) in [4.78, 5) is 4.77. The van der Waals surface area contributed by atoms with E-state index < -0.39 is 5.41 Å². The molecule has 1 aliphatic rings. The van der Waals surface area contributed by atoms with Crippen LogP contribution in [0.1, 0.15) is 22.3 Å². The summed E-state index contributed by atoms with van der Waals surface area (Å²) in [5, 5.41) is 2.42. The molecule has 67 heavy (non-hydrogen) atoms. The van der Waals surface area contributed by atoms with Gasteiger partial charge in [0.2, 0.25) is 0 Å². The number of rotatable bonds is 10. The Kier molecular flexibility index (Phi) is 10.1. The fraction of sp³-hybridized carbons (Fsp3) is 0.0154. The number of anilines is 6. The second-order valence-electron chi connectivity index (χ2n) is 17.3. The largest absolute Gasteiger partial charge is 0.310 e. The Bertz CT molecular complexity index is 3430. The monoisotopic (exact) mass is 854 g/mol. The van der Waals surface area contributed by atoms with Crippen molar-refractivity contribution in [3.8, 4) is 33.4 Å². The summed E-state index contributed by atoms with van der Waals surface area (Å²) >= 11 is 0. The lowest BCUT2D eigenvalue weighted by Gasteiger charge is -2.35. The van der Waals surface area contributed by atoms with Gasteiger partial charge in [-0.3, -0.25) is 0 Å². The molecule has 0 amide bonds. The molecule has 0 saturated carbocycles. The van der Waals surface area contributed by atoms with Crippen LogP contribution in [0.3, 0.4) is 0 Å². The zero-order valence-corrected chi connectivity index (χ0v) is 37.0. The molecular weight excluding hydrogens is 809 g/mol. The molecule has 2 nitrogen and oxygen atoms in total. The molecule has 0 atom stereocenters. The van der Waals surface area contributed by atoms with Crippen molar-refractivity contribution in [1.82, 2.24) is 0 Å². The lowest BCUT2D eigenvalue weighted by atomic mass is 9.66. The molecule has 12 rings (SSSR count). The van der Waals surface area contributed by atoms with E-state index in [1.54, 1.807) is 0 Å². The normalized spacial score (nSPS) is 12.3. The van der Waals surface area contributed by atoms with Crippen LogP contribution in [-0.4, -0.2) is 0 Å². The predicted octanol–water partition coefficient (Wildman–Crippen LogP) is 17.5. The quantitative estimate of drug-likeness (QED) is 0.135. The molecule has 1 aliphatic carbocycles. The zero-order valence-electron chi connectivity index (χ0n) is 37.0. The van der Waals surface area contributed by atoms with Gasteiger partial charge in [0.1, 0.15) is 0 Å². The molecule has 0 heterocycles. The zero-order chi connectivity index (χ0) is 44.6. The topological polar surface area (TPSA) is 6.48 Å². The van der Waals surface area contributed by atoms with Gasteiger partial charge in [0, 0.05) is 34.1 Å². The van der Waals surface area contributed by atoms with Gasteiger partial charge in [0.15, 0.2) is 0 Å². The van der Waals surface area contributed by atoms with Crippen molar-refractivity contribution in [3.63, 3.8) is 0 Å². The van der Waals surface area contributed by atoms with E-state index in [-0.39, 0.29) is 0 Å². The number of fused-ring (bicyclic) bond motifs is 5. The Labute approximate surface area is 393 Å². The van der Waals surface area contributed by atoms with E-state index in [0.29, 0.717) is 0 Å². The van der Waals surface area contributed by atoms with Gasteiger partial charge in [0.05, 0.1) is 5.41 Å². The Hall–Kier alpha value is -8.72. The Balaban J connectivity index is 1.05. The van der Waals surface area contributed by atoms with Gasteiger partial charge < -0.3 is 9.80 Å². The average Bonchev–Trinajstić information content (AvgIpc) is 3.71. The van der Waals surface area contributed by atoms with Crippen LogP contribution in [0.2, 0.25) is 0 Å². The van der Waals surface area contributed by atoms with E-state index >= 15 is 0 Å². The van der Waals surface area contributed by atoms with Gasteiger partial charge in [-0.25, -0.2) is 0 Å². The number of para-hydroxylation sites is 2. The highest BCUT2D eigenvalue weighted by molar-refractivity contribution is 6.02. The molecular formula is C65H46N2. The minimum absolute atomic E-state index is 0.629. The van der Waals surface area contributed by atoms with Crippen LogP contribution in [0, 0.1) is 0 Å². The molecule has 11 aromatic carbocycles. The predicted molar refractivity (Wildman–Crippen MR) is 281 cm³/mol. The molecule has 0 saturated heterocycles. The van der Waals surface area contributed by atoms with Gasteiger partial charge in [-0.2, -0.15) is 0 Å². The summed E-state index contributed by atoms with van der Waals surface area (Å²) in [6, 6.07) is 102. The molecule has 0 N–H and O–H groups in total. The maximum Gasteiger partial charge on any atom is 0.0720 e. The molecule has 316 valence electrons. The maximum absolute atomic E-state index is 2.46. The van der Waals surface area contributed by atoms with E-state index in [1.807, 2.05) is 0 Å². The number of hydrogen-bond acceptors (Lipinski definition) is 2. The second-order valence-corrected chi connectivity index (χ2v) is 17.3. The Morgan fingerprint density at radius 3 is 1.09 bits per heavy atom. The fourth-order valence-corrected chi connectivity index (χ4v) is 10.5. The molecule has 0 bridgehead atoms. The van der Waals surface area contributed by atoms with E-state index in [1.165, 1.54) is 66.4 Å². The highest BCUT2D eigenvalue weighted by Crippen LogP contribution is 2.59. The number of hydrogen-bond donors (Lipinski definition) is 0. The first-order valence-electron chi connectivity index (χ1n) is 23.1. The smallest absolute Gasteiger partial charge is 0.0720 e. The number of nitrogens with zero attached hydrogens (tertiary/aromatic N) is 2. The minimum atomic E-state index is -0.629. The third-order valence-electron chi connectivity index (χ3n) is 13.5. The van der Waals surface area contributed by atoms with E-state index in [2.05, 4.69) is 289 Å². The van der Waals surface area contributed by atoms with Gasteiger partial charge in [0.25, 0.3) is 0 Å². The average molecular weight is 855 g/mol. The highest BCUT2D eigenvalue weighted by atomic mass is 15.1. The number of benzene rings is 11. The summed E-state index contributed by atoms with van der Waals surface area (Å²) in [5.41, 5.74) is 18.3. The van der Waals surface area contributed by atoms with Crippen molar-refractivity contribution in [3.05, 3.63) is 301 Å². The maximum atomic E-state index is 2.46. The van der Waals surface area contributed by atoms with Gasteiger partial charge in [-0.1, -0.05) is 206 Å². The third-order valence-corrected chi connectivity index (χ3v) is 13.5. The van der Waals surface area contributed by atoms with Crippen LogP contribution in [0.15, 0.2) is 279 Å². The molecule has 0 aromatic heterocycles. The van der Waals surface area contributed by atoms with Crippen molar-refractivity contribution < 1.29 is 0 Å². The SMILES string of the molecule is c1ccc(-c2ccc(N(c3ccccc3)c3ccc4c(c3)C(c3ccccc3)(c3ccccc3)c3c-4ccc4cc(N(c5ccccc5)c5ccc(-c6ccccc6)cc5)ccc34)cc2)cc1. The van der Waals surface area contributed by atoms with Crippen LogP contribution in [-0.2, 0) is 5.41 Å². The summed E-state index contributed by atoms with van der Waals surface area (Å²) < 4.78 is 0. The lowest BCUT2D eigenvalue weighted by Crippen LogP contribution is -2.29. The van der Waals surface area contributed by atoms with E-state index in [0.717, 1.165) is 34.1 Å². The van der Waals surface area contributed by atoms with Crippen molar-refractivity contribution in [2.45, 2.75) is 5.41 Å². The van der Waals surface area contributed by atoms with Crippen LogP contribution in [0.4, 0.5) is 34.1 Å². The Morgan fingerprint density at radius 2 is 0.612 bits per heavy atom. The van der Waals surface area contributed by atoms with Crippen molar-refractivity contribution in [1.29, 1.82) is 0 Å². The second kappa shape index (κ2) is 17.0. The lowest BCUT2D eigenvalue weighted by molar-refractivity contribution is 0.775. The first kappa shape index (κ1) is 39.8. The molecule has 0 aliphatic heterocycles. The first-order valence-corrected chi connectivity index (χ1v) is 23.1.